The van der Waals surface area contributed by atoms with E-state index in [1.54, 1.807) is 0 Å². The van der Waals surface area contributed by atoms with Gasteiger partial charge in [-0.25, -0.2) is 0 Å². The van der Waals surface area contributed by atoms with E-state index in [1.807, 2.05) is 0 Å². The summed E-state index contributed by atoms with van der Waals surface area (Å²) in [6.07, 6.45) is -0.361. The molecule has 0 fully saturated rings. The summed E-state index contributed by atoms with van der Waals surface area (Å²) in [7, 11) is 0. The smallest absolute Gasteiger partial charge is 0.310 e. The van der Waals surface area contributed by atoms with Gasteiger partial charge in [-0.15, -0.1) is 0 Å². The number of carboxylic acids is 1. The van der Waals surface area contributed by atoms with Crippen molar-refractivity contribution in [3.63, 3.8) is 0 Å². The first-order valence-electron chi connectivity index (χ1n) is 5.93. The minimum atomic E-state index is -1.06. The maximum atomic E-state index is 9.87. The second-order valence-electron chi connectivity index (χ2n) is 4.83. The second-order valence-corrected chi connectivity index (χ2v) is 9.64. The van der Waals surface area contributed by atoms with Crippen LogP contribution in [0.2, 0.25) is 14.8 Å². The lowest BCUT2D eigenvalue weighted by molar-refractivity contribution is -0.139. The third-order valence-corrected chi connectivity index (χ3v) is 6.95. The molecule has 0 unspecified atom stereocenters. The molecule has 94 valence electrons. The van der Waals surface area contributed by atoms with Crippen molar-refractivity contribution in [2.45, 2.75) is 62.8 Å². The molecule has 0 aliphatic rings. The number of ketones is 1. The molecule has 16 heavy (non-hydrogen) atoms. The summed E-state index contributed by atoms with van der Waals surface area (Å²) in [6, 6.07) is 0. The fraction of sp³-hybridized carbons (Fsp3) is 0.833. The fourth-order valence-electron chi connectivity index (χ4n) is 1.93. The third-order valence-electron chi connectivity index (χ3n) is 2.58. The molecular formula is C12H25AlO3. The van der Waals surface area contributed by atoms with Crippen LogP contribution in [0.5, 0.6) is 0 Å². The Labute approximate surface area is 104 Å². The van der Waals surface area contributed by atoms with E-state index in [9.17, 15) is 9.59 Å². The van der Waals surface area contributed by atoms with E-state index in [1.165, 1.54) is 12.2 Å². The molecule has 0 bridgehead atoms. The summed E-state index contributed by atoms with van der Waals surface area (Å²) in [6.45, 7) is 13.1. The van der Waals surface area contributed by atoms with Crippen LogP contribution in [0.4, 0.5) is 0 Å². The Hall–Kier alpha value is -0.328. The maximum Gasteiger partial charge on any atom is 0.310 e. The highest BCUT2D eigenvalue weighted by Crippen LogP contribution is 2.22. The topological polar surface area (TPSA) is 54.4 Å². The lowest BCUT2D eigenvalue weighted by Crippen LogP contribution is -2.18. The molecule has 0 radical (unpaired) electrons. The molecule has 0 amide bonds. The lowest BCUT2D eigenvalue weighted by Gasteiger charge is -2.16. The van der Waals surface area contributed by atoms with Crippen LogP contribution in [0.3, 0.4) is 0 Å². The van der Waals surface area contributed by atoms with Gasteiger partial charge in [-0.1, -0.05) is 49.5 Å². The number of carbonyl (C=O) groups excluding carboxylic acids is 1. The van der Waals surface area contributed by atoms with Gasteiger partial charge in [-0.05, 0) is 6.92 Å². The SMILES string of the molecule is CC(=O)CC(=O)O.C[CH2][Al]([CH](C)C)[CH](C)C. The standard InChI is InChI=1S/C4H6O3.2C3H7.C2H5.Al/c1-3(5)2-4(6)7;2*1-3-2;1-2;/h2H2,1H3,(H,6,7);2*3H,1-2H3;1H2,2H3;. The number of hydrogen-bond donors (Lipinski definition) is 1. The molecule has 0 rings (SSSR count). The van der Waals surface area contributed by atoms with E-state index >= 15 is 0 Å². The summed E-state index contributed by atoms with van der Waals surface area (Å²) in [5.41, 5.74) is 0. The van der Waals surface area contributed by atoms with Crippen molar-refractivity contribution in [1.29, 1.82) is 0 Å². The average molecular weight is 244 g/mol. The molecule has 0 heterocycles. The van der Waals surface area contributed by atoms with Gasteiger partial charge in [0.1, 0.15) is 12.2 Å². The highest BCUT2D eigenvalue weighted by Gasteiger charge is 2.21. The van der Waals surface area contributed by atoms with E-state index < -0.39 is 5.97 Å². The van der Waals surface area contributed by atoms with Crippen molar-refractivity contribution in [3.05, 3.63) is 0 Å². The summed E-state index contributed by atoms with van der Waals surface area (Å²) in [5.74, 6) is -1.37. The number of carbonyl (C=O) groups is 2. The second kappa shape index (κ2) is 9.87. The normalized spacial score (nSPS) is 9.75. The van der Waals surface area contributed by atoms with Crippen molar-refractivity contribution in [3.8, 4) is 0 Å². The van der Waals surface area contributed by atoms with Gasteiger partial charge in [-0.3, -0.25) is 9.59 Å². The monoisotopic (exact) mass is 244 g/mol. The van der Waals surface area contributed by atoms with Crippen LogP contribution in [-0.2, 0) is 9.59 Å². The van der Waals surface area contributed by atoms with Crippen LogP contribution in [0.1, 0.15) is 48.0 Å². The summed E-state index contributed by atoms with van der Waals surface area (Å²) < 4.78 is 1.99. The molecule has 0 saturated heterocycles. The van der Waals surface area contributed by atoms with E-state index in [4.69, 9.17) is 5.11 Å². The van der Waals surface area contributed by atoms with Gasteiger partial charge in [0.25, 0.3) is 14.1 Å². The van der Waals surface area contributed by atoms with E-state index in [0.717, 1.165) is 9.56 Å². The predicted octanol–water partition coefficient (Wildman–Crippen LogP) is 3.37. The van der Waals surface area contributed by atoms with Crippen LogP contribution in [0, 0.1) is 0 Å². The molecule has 0 aliphatic carbocycles. The molecule has 0 spiro atoms. The lowest BCUT2D eigenvalue weighted by atomic mass is 10.3. The first-order valence-corrected chi connectivity index (χ1v) is 8.08. The third kappa shape index (κ3) is 11.7. The number of aliphatic carboxylic acids is 1. The first kappa shape index (κ1) is 18.0. The first-order chi connectivity index (χ1) is 7.22. The molecular weight excluding hydrogens is 219 g/mol. The number of hydrogen-bond acceptors (Lipinski definition) is 2. The minimum Gasteiger partial charge on any atom is -0.481 e. The molecule has 1 N–H and O–H groups in total. The van der Waals surface area contributed by atoms with E-state index in [-0.39, 0.29) is 26.4 Å². The highest BCUT2D eigenvalue weighted by molar-refractivity contribution is 6.61. The Morgan fingerprint density at radius 1 is 1.12 bits per heavy atom. The van der Waals surface area contributed by atoms with Crippen LogP contribution in [0.15, 0.2) is 0 Å². The highest BCUT2D eigenvalue weighted by atomic mass is 27.2. The zero-order chi connectivity index (χ0) is 13.3. The van der Waals surface area contributed by atoms with Gasteiger partial charge < -0.3 is 5.11 Å². The van der Waals surface area contributed by atoms with Crippen molar-refractivity contribution in [2.24, 2.45) is 0 Å². The van der Waals surface area contributed by atoms with Crippen molar-refractivity contribution in [1.82, 2.24) is 0 Å². The zero-order valence-electron chi connectivity index (χ0n) is 11.4. The van der Waals surface area contributed by atoms with Crippen LogP contribution in [0.25, 0.3) is 0 Å². The van der Waals surface area contributed by atoms with Crippen LogP contribution < -0.4 is 0 Å². The Kier molecular flexibility index (Phi) is 11.1. The summed E-state index contributed by atoms with van der Waals surface area (Å²) in [5, 5.41) is 9.33. The molecule has 4 heteroatoms. The van der Waals surface area contributed by atoms with Gasteiger partial charge >= 0.3 is 5.97 Å². The summed E-state index contributed by atoms with van der Waals surface area (Å²) >= 11 is -0.360. The Morgan fingerprint density at radius 3 is 1.50 bits per heavy atom. The number of carboxylic acid groups (broad SMARTS) is 1. The van der Waals surface area contributed by atoms with Crippen molar-refractivity contribution < 1.29 is 14.7 Å². The van der Waals surface area contributed by atoms with Gasteiger partial charge in [0.2, 0.25) is 0 Å². The molecule has 0 atom stereocenters. The van der Waals surface area contributed by atoms with E-state index in [0.29, 0.717) is 0 Å². The fourth-order valence-corrected chi connectivity index (χ4v) is 5.35. The van der Waals surface area contributed by atoms with Crippen LogP contribution >= 0.6 is 0 Å². The summed E-state index contributed by atoms with van der Waals surface area (Å²) in [4.78, 5) is 19.5. The Balaban J connectivity index is 0. The van der Waals surface area contributed by atoms with Crippen LogP contribution in [-0.4, -0.2) is 31.0 Å². The average Bonchev–Trinajstić information content (AvgIpc) is 2.01. The maximum absolute atomic E-state index is 9.87. The molecule has 0 saturated carbocycles. The van der Waals surface area contributed by atoms with E-state index in [2.05, 4.69) is 34.6 Å². The van der Waals surface area contributed by atoms with Crippen molar-refractivity contribution >= 4 is 25.9 Å². The largest absolute Gasteiger partial charge is 0.481 e. The Morgan fingerprint density at radius 2 is 1.50 bits per heavy atom. The minimum absolute atomic E-state index is 0.312. The quantitative estimate of drug-likeness (QED) is 0.596. The van der Waals surface area contributed by atoms with Crippen molar-refractivity contribution in [2.75, 3.05) is 0 Å². The molecule has 0 aromatic carbocycles. The van der Waals surface area contributed by atoms with Gasteiger partial charge in [0, 0.05) is 0 Å². The molecule has 0 aromatic rings. The molecule has 0 aliphatic heterocycles. The number of Topliss-reactive ketones (excluding diaryl/α,β-unsaturated/α-hetero) is 1. The van der Waals surface area contributed by atoms with Gasteiger partial charge in [0.15, 0.2) is 0 Å². The number of rotatable bonds is 5. The molecule has 0 aromatic heterocycles. The molecule has 3 nitrogen and oxygen atoms in total. The predicted molar refractivity (Wildman–Crippen MR) is 69.4 cm³/mol. The van der Waals surface area contributed by atoms with Gasteiger partial charge in [-0.2, -0.15) is 0 Å². The Bertz CT molecular complexity index is 192. The van der Waals surface area contributed by atoms with Gasteiger partial charge in [0.05, 0.1) is 0 Å². The zero-order valence-corrected chi connectivity index (χ0v) is 12.6.